The molecule has 1 aromatic rings. The van der Waals surface area contributed by atoms with Crippen molar-refractivity contribution in [2.45, 2.75) is 16.9 Å². The minimum atomic E-state index is -1.11. The van der Waals surface area contributed by atoms with E-state index in [-0.39, 0.29) is 25.0 Å². The lowest BCUT2D eigenvalue weighted by Gasteiger charge is -2.17. The fourth-order valence-electron chi connectivity index (χ4n) is 2.10. The molecular weight excluding hydrogens is 290 g/mol. The zero-order chi connectivity index (χ0) is 15.2. The Morgan fingerprint density at radius 2 is 2.29 bits per heavy atom. The molecule has 1 aliphatic heterocycles. The van der Waals surface area contributed by atoms with Gasteiger partial charge in [0.1, 0.15) is 0 Å². The third kappa shape index (κ3) is 3.86. The molecule has 2 atom stereocenters. The van der Waals surface area contributed by atoms with E-state index in [1.54, 1.807) is 11.8 Å². The number of nitrogens with one attached hydrogen (secondary N) is 1. The minimum absolute atomic E-state index is 0.0748. The van der Waals surface area contributed by atoms with Crippen molar-refractivity contribution in [2.24, 2.45) is 0 Å². The summed E-state index contributed by atoms with van der Waals surface area (Å²) in [4.78, 5) is 24.5. The fourth-order valence-corrected chi connectivity index (χ4v) is 3.32. The van der Waals surface area contributed by atoms with Gasteiger partial charge in [0.2, 0.25) is 5.91 Å². The Labute approximate surface area is 127 Å². The third-order valence-electron chi connectivity index (χ3n) is 3.15. The SMILES string of the molecule is C=CCOCC(NC(=O)C1CSc2ccccc21)C(=O)O. The molecule has 1 amide bonds. The van der Waals surface area contributed by atoms with E-state index >= 15 is 0 Å². The van der Waals surface area contributed by atoms with Crippen LogP contribution in [0.2, 0.25) is 0 Å². The number of aliphatic carboxylic acids is 1. The quantitative estimate of drug-likeness (QED) is 0.592. The molecule has 0 radical (unpaired) electrons. The van der Waals surface area contributed by atoms with Crippen LogP contribution in [0.25, 0.3) is 0 Å². The fraction of sp³-hybridized carbons (Fsp3) is 0.333. The van der Waals surface area contributed by atoms with Gasteiger partial charge in [-0.05, 0) is 11.6 Å². The number of thioether (sulfide) groups is 1. The molecule has 0 saturated carbocycles. The number of rotatable bonds is 7. The van der Waals surface area contributed by atoms with Crippen LogP contribution in [0.4, 0.5) is 0 Å². The zero-order valence-electron chi connectivity index (χ0n) is 11.5. The van der Waals surface area contributed by atoms with Crippen LogP contribution >= 0.6 is 11.8 Å². The summed E-state index contributed by atoms with van der Waals surface area (Å²) in [6.07, 6.45) is 1.53. The molecular formula is C15H17NO4S. The van der Waals surface area contributed by atoms with Gasteiger partial charge < -0.3 is 15.2 Å². The van der Waals surface area contributed by atoms with Crippen LogP contribution in [0.1, 0.15) is 11.5 Å². The molecule has 0 fully saturated rings. The van der Waals surface area contributed by atoms with Crippen LogP contribution in [0.3, 0.4) is 0 Å². The molecule has 0 bridgehead atoms. The van der Waals surface area contributed by atoms with E-state index in [0.29, 0.717) is 5.75 Å². The molecule has 1 heterocycles. The van der Waals surface area contributed by atoms with Crippen molar-refractivity contribution in [1.29, 1.82) is 0 Å². The van der Waals surface area contributed by atoms with Gasteiger partial charge in [-0.2, -0.15) is 0 Å². The van der Waals surface area contributed by atoms with Gasteiger partial charge in [0.05, 0.1) is 19.1 Å². The average Bonchev–Trinajstić information content (AvgIpc) is 2.90. The van der Waals surface area contributed by atoms with Gasteiger partial charge in [-0.1, -0.05) is 24.3 Å². The number of carboxylic acids is 1. The first-order chi connectivity index (χ1) is 10.1. The molecule has 0 aliphatic carbocycles. The summed E-state index contributed by atoms with van der Waals surface area (Å²) >= 11 is 1.61. The second-order valence-electron chi connectivity index (χ2n) is 4.63. The van der Waals surface area contributed by atoms with Crippen molar-refractivity contribution in [1.82, 2.24) is 5.32 Å². The molecule has 1 aromatic carbocycles. The molecule has 2 rings (SSSR count). The summed E-state index contributed by atoms with van der Waals surface area (Å²) in [5.41, 5.74) is 0.955. The first kappa shape index (κ1) is 15.6. The van der Waals surface area contributed by atoms with Gasteiger partial charge in [-0.3, -0.25) is 4.79 Å². The number of carboxylic acid groups (broad SMARTS) is 1. The molecule has 21 heavy (non-hydrogen) atoms. The monoisotopic (exact) mass is 307 g/mol. The van der Waals surface area contributed by atoms with Crippen molar-refractivity contribution in [3.05, 3.63) is 42.5 Å². The Balaban J connectivity index is 1.99. The first-order valence-electron chi connectivity index (χ1n) is 6.57. The van der Waals surface area contributed by atoms with Crippen molar-refractivity contribution in [2.75, 3.05) is 19.0 Å². The van der Waals surface area contributed by atoms with Gasteiger partial charge in [-0.25, -0.2) is 4.79 Å². The first-order valence-corrected chi connectivity index (χ1v) is 7.55. The van der Waals surface area contributed by atoms with Crippen LogP contribution in [-0.4, -0.2) is 42.0 Å². The number of fused-ring (bicyclic) bond motifs is 1. The third-order valence-corrected chi connectivity index (χ3v) is 4.33. The smallest absolute Gasteiger partial charge is 0.328 e. The summed E-state index contributed by atoms with van der Waals surface area (Å²) in [7, 11) is 0. The Kier molecular flexibility index (Phi) is 5.41. The molecule has 1 aliphatic rings. The lowest BCUT2D eigenvalue weighted by molar-refractivity contribution is -0.143. The van der Waals surface area contributed by atoms with E-state index < -0.39 is 12.0 Å². The van der Waals surface area contributed by atoms with Crippen LogP contribution in [0.15, 0.2) is 41.8 Å². The number of amides is 1. The zero-order valence-corrected chi connectivity index (χ0v) is 12.3. The minimum Gasteiger partial charge on any atom is -0.480 e. The largest absolute Gasteiger partial charge is 0.480 e. The van der Waals surface area contributed by atoms with Gasteiger partial charge >= 0.3 is 5.97 Å². The van der Waals surface area contributed by atoms with Crippen LogP contribution < -0.4 is 5.32 Å². The lowest BCUT2D eigenvalue weighted by atomic mass is 10.0. The maximum atomic E-state index is 12.3. The summed E-state index contributed by atoms with van der Waals surface area (Å²) < 4.78 is 5.12. The predicted octanol–water partition coefficient (Wildman–Crippen LogP) is 1.65. The van der Waals surface area contributed by atoms with E-state index in [4.69, 9.17) is 9.84 Å². The Morgan fingerprint density at radius 3 is 3.00 bits per heavy atom. The normalized spacial score (nSPS) is 17.8. The standard InChI is InChI=1S/C15H17NO4S/c1-2-7-20-8-12(15(18)19)16-14(17)11-9-21-13-6-4-3-5-10(11)13/h2-6,11-12H,1,7-9H2,(H,16,17)(H,18,19). The highest BCUT2D eigenvalue weighted by Crippen LogP contribution is 2.39. The van der Waals surface area contributed by atoms with Crippen LogP contribution in [0, 0.1) is 0 Å². The van der Waals surface area contributed by atoms with Gasteiger partial charge in [0, 0.05) is 10.6 Å². The topological polar surface area (TPSA) is 75.6 Å². The number of hydrogen-bond acceptors (Lipinski definition) is 4. The van der Waals surface area contributed by atoms with E-state index in [1.165, 1.54) is 6.08 Å². The van der Waals surface area contributed by atoms with Crippen molar-refractivity contribution in [3.8, 4) is 0 Å². The van der Waals surface area contributed by atoms with Crippen molar-refractivity contribution < 1.29 is 19.4 Å². The Morgan fingerprint density at radius 1 is 1.52 bits per heavy atom. The van der Waals surface area contributed by atoms with Gasteiger partial charge in [-0.15, -0.1) is 18.3 Å². The maximum Gasteiger partial charge on any atom is 0.328 e. The molecule has 0 aromatic heterocycles. The second-order valence-corrected chi connectivity index (χ2v) is 5.69. The number of carbonyl (C=O) groups is 2. The number of hydrogen-bond donors (Lipinski definition) is 2. The van der Waals surface area contributed by atoms with Gasteiger partial charge in [0.15, 0.2) is 6.04 Å². The molecule has 0 spiro atoms. The summed E-state index contributed by atoms with van der Waals surface area (Å²) in [5, 5.41) is 11.7. The van der Waals surface area contributed by atoms with Crippen molar-refractivity contribution in [3.63, 3.8) is 0 Å². The summed E-state index contributed by atoms with van der Waals surface area (Å²) in [6, 6.07) is 6.64. The summed E-state index contributed by atoms with van der Waals surface area (Å²) in [6.45, 7) is 3.67. The molecule has 0 saturated heterocycles. The van der Waals surface area contributed by atoms with E-state index in [1.807, 2.05) is 24.3 Å². The molecule has 6 heteroatoms. The average molecular weight is 307 g/mol. The van der Waals surface area contributed by atoms with E-state index in [2.05, 4.69) is 11.9 Å². The van der Waals surface area contributed by atoms with Crippen LogP contribution in [-0.2, 0) is 14.3 Å². The number of benzene rings is 1. The lowest BCUT2D eigenvalue weighted by Crippen LogP contribution is -2.46. The van der Waals surface area contributed by atoms with Crippen molar-refractivity contribution >= 4 is 23.6 Å². The molecule has 2 unspecified atom stereocenters. The Hall–Kier alpha value is -1.79. The molecule has 2 N–H and O–H groups in total. The highest BCUT2D eigenvalue weighted by atomic mass is 32.2. The highest BCUT2D eigenvalue weighted by molar-refractivity contribution is 7.99. The highest BCUT2D eigenvalue weighted by Gasteiger charge is 2.31. The van der Waals surface area contributed by atoms with Gasteiger partial charge in [0.25, 0.3) is 0 Å². The number of ether oxygens (including phenoxy) is 1. The van der Waals surface area contributed by atoms with E-state index in [9.17, 15) is 9.59 Å². The predicted molar refractivity (Wildman–Crippen MR) is 80.5 cm³/mol. The summed E-state index contributed by atoms with van der Waals surface area (Å²) in [5.74, 6) is -1.06. The maximum absolute atomic E-state index is 12.3. The molecule has 112 valence electrons. The molecule has 5 nitrogen and oxygen atoms in total. The Bertz CT molecular complexity index is 546. The number of carbonyl (C=O) groups excluding carboxylic acids is 1. The van der Waals surface area contributed by atoms with Crippen LogP contribution in [0.5, 0.6) is 0 Å². The van der Waals surface area contributed by atoms with E-state index in [0.717, 1.165) is 10.5 Å². The second kappa shape index (κ2) is 7.28.